The molecule has 1 rings (SSSR count). The smallest absolute Gasteiger partial charge is 0.0471 e. The number of hydrogen-bond acceptors (Lipinski definition) is 1. The van der Waals surface area contributed by atoms with E-state index in [9.17, 15) is 0 Å². The average Bonchev–Trinajstić information content (AvgIpc) is 2.19. The van der Waals surface area contributed by atoms with Gasteiger partial charge in [0.25, 0.3) is 0 Å². The van der Waals surface area contributed by atoms with Gasteiger partial charge in [0, 0.05) is 6.61 Å². The summed E-state index contributed by atoms with van der Waals surface area (Å²) < 4.78 is 0. The third-order valence-corrected chi connectivity index (χ3v) is 2.86. The van der Waals surface area contributed by atoms with E-state index in [0.29, 0.717) is 0 Å². The summed E-state index contributed by atoms with van der Waals surface area (Å²) in [7, 11) is 0. The molecule has 0 radical (unpaired) electrons. The van der Waals surface area contributed by atoms with Gasteiger partial charge in [-0.2, -0.15) is 0 Å². The Bertz CT molecular complexity index is 302. The summed E-state index contributed by atoms with van der Waals surface area (Å²) >= 11 is 0. The first-order chi connectivity index (χ1) is 6.74. The molecule has 0 saturated carbocycles. The lowest BCUT2D eigenvalue weighted by atomic mass is 9.92. The summed E-state index contributed by atoms with van der Waals surface area (Å²) in [6.07, 6.45) is 2.92. The number of aliphatic hydroxyl groups excluding tert-OH is 1. The van der Waals surface area contributed by atoms with E-state index >= 15 is 0 Å². The van der Waals surface area contributed by atoms with Gasteiger partial charge in [-0.15, -0.1) is 0 Å². The number of hydrogen-bond donors (Lipinski definition) is 1. The second-order valence-electron chi connectivity index (χ2n) is 3.68. The summed E-state index contributed by atoms with van der Waals surface area (Å²) in [6.45, 7) is 6.76. The van der Waals surface area contributed by atoms with Crippen molar-refractivity contribution in [2.24, 2.45) is 0 Å². The summed E-state index contributed by atoms with van der Waals surface area (Å²) in [5, 5.41) is 9.05. The van der Waals surface area contributed by atoms with Gasteiger partial charge in [0.1, 0.15) is 0 Å². The van der Waals surface area contributed by atoms with Crippen LogP contribution in [-0.4, -0.2) is 11.7 Å². The maximum Gasteiger partial charge on any atom is 0.0471 e. The zero-order valence-electron chi connectivity index (χ0n) is 9.43. The minimum absolute atomic E-state index is 0.253. The van der Waals surface area contributed by atoms with Gasteiger partial charge in [-0.25, -0.2) is 0 Å². The molecule has 0 heterocycles. The fraction of sp³-hybridized carbons (Fsp3) is 0.538. The van der Waals surface area contributed by atoms with E-state index in [4.69, 9.17) is 5.11 Å². The molecule has 0 saturated heterocycles. The van der Waals surface area contributed by atoms with Gasteiger partial charge in [0.2, 0.25) is 0 Å². The molecule has 1 aromatic carbocycles. The highest BCUT2D eigenvalue weighted by Gasteiger charge is 2.07. The zero-order valence-corrected chi connectivity index (χ0v) is 9.43. The molecule has 1 nitrogen and oxygen atoms in total. The van der Waals surface area contributed by atoms with Gasteiger partial charge < -0.3 is 5.11 Å². The standard InChI is InChI=1S/C13H20O/c1-4-11-7-6-10(3)12(5-2)13(11)8-9-14/h6-7,14H,4-5,8-9H2,1-3H3. The molecule has 0 bridgehead atoms. The molecule has 78 valence electrons. The average molecular weight is 192 g/mol. The Kier molecular flexibility index (Phi) is 4.15. The van der Waals surface area contributed by atoms with Crippen molar-refractivity contribution in [2.75, 3.05) is 6.61 Å². The van der Waals surface area contributed by atoms with Crippen LogP contribution in [0, 0.1) is 6.92 Å². The number of rotatable bonds is 4. The van der Waals surface area contributed by atoms with Gasteiger partial charge in [0.15, 0.2) is 0 Å². The maximum absolute atomic E-state index is 9.05. The molecule has 0 amide bonds. The van der Waals surface area contributed by atoms with E-state index in [0.717, 1.165) is 19.3 Å². The highest BCUT2D eigenvalue weighted by Crippen LogP contribution is 2.20. The van der Waals surface area contributed by atoms with Crippen molar-refractivity contribution < 1.29 is 5.11 Å². The molecule has 1 aromatic rings. The molecule has 0 spiro atoms. The normalized spacial score (nSPS) is 10.6. The lowest BCUT2D eigenvalue weighted by molar-refractivity contribution is 0.299. The molecule has 1 N–H and O–H groups in total. The fourth-order valence-corrected chi connectivity index (χ4v) is 2.11. The lowest BCUT2D eigenvalue weighted by Gasteiger charge is -2.14. The second kappa shape index (κ2) is 5.16. The predicted molar refractivity (Wildman–Crippen MR) is 60.7 cm³/mol. The van der Waals surface area contributed by atoms with Crippen LogP contribution in [0.25, 0.3) is 0 Å². The van der Waals surface area contributed by atoms with Gasteiger partial charge in [0.05, 0.1) is 0 Å². The summed E-state index contributed by atoms with van der Waals surface area (Å²) in [6, 6.07) is 4.39. The van der Waals surface area contributed by atoms with Crippen LogP contribution < -0.4 is 0 Å². The van der Waals surface area contributed by atoms with Crippen LogP contribution in [0.1, 0.15) is 36.1 Å². The van der Waals surface area contributed by atoms with E-state index in [1.807, 2.05) is 0 Å². The Hall–Kier alpha value is -0.820. The van der Waals surface area contributed by atoms with Gasteiger partial charge in [-0.05, 0) is 48.4 Å². The third kappa shape index (κ3) is 2.16. The first-order valence-corrected chi connectivity index (χ1v) is 5.45. The van der Waals surface area contributed by atoms with E-state index in [1.165, 1.54) is 22.3 Å². The molecule has 0 unspecified atom stereocenters. The van der Waals surface area contributed by atoms with Crippen molar-refractivity contribution in [3.63, 3.8) is 0 Å². The van der Waals surface area contributed by atoms with Gasteiger partial charge in [-0.1, -0.05) is 26.0 Å². The molecule has 0 aliphatic heterocycles. The van der Waals surface area contributed by atoms with Crippen LogP contribution in [0.3, 0.4) is 0 Å². The van der Waals surface area contributed by atoms with Crippen molar-refractivity contribution in [2.45, 2.75) is 40.0 Å². The van der Waals surface area contributed by atoms with Crippen LogP contribution in [0.2, 0.25) is 0 Å². The van der Waals surface area contributed by atoms with Gasteiger partial charge in [-0.3, -0.25) is 0 Å². The quantitative estimate of drug-likeness (QED) is 0.777. The van der Waals surface area contributed by atoms with Crippen LogP contribution in [0.4, 0.5) is 0 Å². The van der Waals surface area contributed by atoms with Crippen LogP contribution >= 0.6 is 0 Å². The summed E-state index contributed by atoms with van der Waals surface area (Å²) in [5.74, 6) is 0. The molecular weight excluding hydrogens is 172 g/mol. The van der Waals surface area contributed by atoms with E-state index in [1.54, 1.807) is 0 Å². The van der Waals surface area contributed by atoms with Crippen molar-refractivity contribution in [3.05, 3.63) is 34.4 Å². The molecule has 0 aromatic heterocycles. The minimum Gasteiger partial charge on any atom is -0.396 e. The first-order valence-electron chi connectivity index (χ1n) is 5.45. The first kappa shape index (κ1) is 11.3. The Morgan fingerprint density at radius 1 is 1.07 bits per heavy atom. The minimum atomic E-state index is 0.253. The monoisotopic (exact) mass is 192 g/mol. The summed E-state index contributed by atoms with van der Waals surface area (Å²) in [4.78, 5) is 0. The Balaban J connectivity index is 3.21. The molecule has 14 heavy (non-hydrogen) atoms. The molecule has 0 atom stereocenters. The zero-order chi connectivity index (χ0) is 10.6. The molecule has 0 aliphatic rings. The summed E-state index contributed by atoms with van der Waals surface area (Å²) in [5.41, 5.74) is 5.55. The van der Waals surface area contributed by atoms with Crippen molar-refractivity contribution >= 4 is 0 Å². The number of aryl methyl sites for hydroxylation is 2. The van der Waals surface area contributed by atoms with Gasteiger partial charge >= 0.3 is 0 Å². The lowest BCUT2D eigenvalue weighted by Crippen LogP contribution is -2.03. The Morgan fingerprint density at radius 3 is 2.29 bits per heavy atom. The topological polar surface area (TPSA) is 20.2 Å². The second-order valence-corrected chi connectivity index (χ2v) is 3.68. The van der Waals surface area contributed by atoms with Crippen molar-refractivity contribution in [3.8, 4) is 0 Å². The number of aliphatic hydroxyl groups is 1. The van der Waals surface area contributed by atoms with Crippen LogP contribution in [0.5, 0.6) is 0 Å². The Labute approximate surface area is 86.8 Å². The van der Waals surface area contributed by atoms with E-state index in [2.05, 4.69) is 32.9 Å². The SMILES string of the molecule is CCc1ccc(C)c(CC)c1CCO. The molecule has 0 fully saturated rings. The molecular formula is C13H20O. The molecule has 0 aliphatic carbocycles. The largest absolute Gasteiger partial charge is 0.396 e. The third-order valence-electron chi connectivity index (χ3n) is 2.86. The molecule has 1 heteroatoms. The van der Waals surface area contributed by atoms with E-state index < -0.39 is 0 Å². The van der Waals surface area contributed by atoms with E-state index in [-0.39, 0.29) is 6.61 Å². The van der Waals surface area contributed by atoms with Crippen LogP contribution in [-0.2, 0) is 19.3 Å². The highest BCUT2D eigenvalue weighted by atomic mass is 16.2. The maximum atomic E-state index is 9.05. The number of benzene rings is 1. The van der Waals surface area contributed by atoms with Crippen molar-refractivity contribution in [1.82, 2.24) is 0 Å². The van der Waals surface area contributed by atoms with Crippen molar-refractivity contribution in [1.29, 1.82) is 0 Å². The fourth-order valence-electron chi connectivity index (χ4n) is 2.11. The van der Waals surface area contributed by atoms with Crippen LogP contribution in [0.15, 0.2) is 12.1 Å². The highest BCUT2D eigenvalue weighted by molar-refractivity contribution is 5.41. The predicted octanol–water partition coefficient (Wildman–Crippen LogP) is 2.65. The Morgan fingerprint density at radius 2 is 1.79 bits per heavy atom.